The zero-order valence-corrected chi connectivity index (χ0v) is 11.3. The van der Waals surface area contributed by atoms with Crippen molar-refractivity contribution in [1.29, 1.82) is 0 Å². The van der Waals surface area contributed by atoms with E-state index in [0.29, 0.717) is 19.0 Å². The SMILES string of the molecule is COc1cccc(-c2nc(C3CCOC3)no2)c1[N+](=O)[O-]. The van der Waals surface area contributed by atoms with Crippen molar-refractivity contribution in [3.05, 3.63) is 34.1 Å². The quantitative estimate of drug-likeness (QED) is 0.628. The first-order valence-electron chi connectivity index (χ1n) is 6.44. The van der Waals surface area contributed by atoms with E-state index in [9.17, 15) is 10.1 Å². The van der Waals surface area contributed by atoms with Crippen molar-refractivity contribution in [2.45, 2.75) is 12.3 Å². The Bertz CT molecular complexity index is 664. The molecule has 1 unspecified atom stereocenters. The molecule has 0 aliphatic carbocycles. The first kappa shape index (κ1) is 13.5. The Kier molecular flexibility index (Phi) is 3.53. The second-order valence-electron chi connectivity index (χ2n) is 4.63. The molecule has 8 heteroatoms. The summed E-state index contributed by atoms with van der Waals surface area (Å²) in [7, 11) is 1.38. The molecule has 1 aliphatic rings. The molecule has 0 N–H and O–H groups in total. The minimum absolute atomic E-state index is 0.0761. The van der Waals surface area contributed by atoms with Crippen LogP contribution < -0.4 is 4.74 Å². The number of para-hydroxylation sites is 1. The van der Waals surface area contributed by atoms with Gasteiger partial charge in [0.25, 0.3) is 5.89 Å². The lowest BCUT2D eigenvalue weighted by molar-refractivity contribution is -0.385. The van der Waals surface area contributed by atoms with Crippen LogP contribution in [0.15, 0.2) is 22.7 Å². The molecule has 1 aromatic carbocycles. The first-order valence-corrected chi connectivity index (χ1v) is 6.44. The Hall–Kier alpha value is -2.48. The average molecular weight is 291 g/mol. The number of hydrogen-bond acceptors (Lipinski definition) is 7. The molecular formula is C13H13N3O5. The molecule has 1 aliphatic heterocycles. The van der Waals surface area contributed by atoms with Gasteiger partial charge in [0.2, 0.25) is 0 Å². The van der Waals surface area contributed by atoms with Gasteiger partial charge in [0.15, 0.2) is 11.6 Å². The molecular weight excluding hydrogens is 278 g/mol. The molecule has 1 aromatic heterocycles. The van der Waals surface area contributed by atoms with Crippen molar-refractivity contribution in [3.8, 4) is 17.2 Å². The van der Waals surface area contributed by atoms with E-state index >= 15 is 0 Å². The van der Waals surface area contributed by atoms with Gasteiger partial charge in [0, 0.05) is 12.5 Å². The van der Waals surface area contributed by atoms with Gasteiger partial charge in [-0.05, 0) is 18.6 Å². The van der Waals surface area contributed by atoms with Crippen LogP contribution in [0.3, 0.4) is 0 Å². The van der Waals surface area contributed by atoms with Crippen molar-refractivity contribution < 1.29 is 18.9 Å². The normalized spacial score (nSPS) is 17.9. The number of hydrogen-bond donors (Lipinski definition) is 0. The van der Waals surface area contributed by atoms with Gasteiger partial charge in [-0.15, -0.1) is 0 Å². The standard InChI is InChI=1S/C13H13N3O5/c1-19-10-4-2-3-9(11(10)16(17)18)13-14-12(15-21-13)8-5-6-20-7-8/h2-4,8H,5-7H2,1H3. The molecule has 0 bridgehead atoms. The van der Waals surface area contributed by atoms with E-state index in [4.69, 9.17) is 14.0 Å². The largest absolute Gasteiger partial charge is 0.490 e. The summed E-state index contributed by atoms with van der Waals surface area (Å²) in [5.41, 5.74) is 0.0647. The number of aromatic nitrogens is 2. The molecule has 0 amide bonds. The molecule has 8 nitrogen and oxygen atoms in total. The van der Waals surface area contributed by atoms with Crippen molar-refractivity contribution in [2.24, 2.45) is 0 Å². The highest BCUT2D eigenvalue weighted by Gasteiger charge is 2.28. The Morgan fingerprint density at radius 1 is 1.48 bits per heavy atom. The van der Waals surface area contributed by atoms with Gasteiger partial charge in [-0.1, -0.05) is 11.2 Å². The van der Waals surface area contributed by atoms with E-state index < -0.39 is 4.92 Å². The maximum Gasteiger partial charge on any atom is 0.323 e. The Morgan fingerprint density at radius 2 is 2.33 bits per heavy atom. The van der Waals surface area contributed by atoms with Crippen LogP contribution in [0.25, 0.3) is 11.5 Å². The highest BCUT2D eigenvalue weighted by Crippen LogP contribution is 2.37. The highest BCUT2D eigenvalue weighted by molar-refractivity contribution is 5.72. The highest BCUT2D eigenvalue weighted by atomic mass is 16.6. The third-order valence-electron chi connectivity index (χ3n) is 3.37. The zero-order valence-electron chi connectivity index (χ0n) is 11.3. The van der Waals surface area contributed by atoms with Gasteiger partial charge in [-0.3, -0.25) is 10.1 Å². The van der Waals surface area contributed by atoms with Gasteiger partial charge >= 0.3 is 5.69 Å². The molecule has 1 saturated heterocycles. The maximum absolute atomic E-state index is 11.3. The van der Waals surface area contributed by atoms with Crippen LogP contribution in [0.4, 0.5) is 5.69 Å². The maximum atomic E-state index is 11.3. The van der Waals surface area contributed by atoms with Crippen molar-refractivity contribution in [1.82, 2.24) is 10.1 Å². The van der Waals surface area contributed by atoms with Crippen LogP contribution >= 0.6 is 0 Å². The molecule has 0 saturated carbocycles. The van der Waals surface area contributed by atoms with Crippen molar-refractivity contribution >= 4 is 5.69 Å². The second kappa shape index (κ2) is 5.49. The van der Waals surface area contributed by atoms with Gasteiger partial charge in [0.05, 0.1) is 18.6 Å². The molecule has 21 heavy (non-hydrogen) atoms. The zero-order chi connectivity index (χ0) is 14.8. The molecule has 2 heterocycles. The fraction of sp³-hybridized carbons (Fsp3) is 0.385. The number of nitro benzene ring substituents is 1. The third kappa shape index (κ3) is 2.45. The van der Waals surface area contributed by atoms with E-state index in [1.54, 1.807) is 12.1 Å². The predicted octanol–water partition coefficient (Wildman–Crippen LogP) is 2.16. The summed E-state index contributed by atoms with van der Waals surface area (Å²) < 4.78 is 15.5. The molecule has 3 rings (SSSR count). The lowest BCUT2D eigenvalue weighted by atomic mass is 10.1. The molecule has 110 valence electrons. The summed E-state index contributed by atoms with van der Waals surface area (Å²) in [6.07, 6.45) is 0.819. The summed E-state index contributed by atoms with van der Waals surface area (Å²) in [6.45, 7) is 1.20. The first-order chi connectivity index (χ1) is 10.2. The fourth-order valence-electron chi connectivity index (χ4n) is 2.30. The van der Waals surface area contributed by atoms with Crippen LogP contribution in [0.1, 0.15) is 18.2 Å². The molecule has 1 atom stereocenters. The number of nitro groups is 1. The summed E-state index contributed by atoms with van der Waals surface area (Å²) in [5, 5.41) is 15.2. The predicted molar refractivity (Wildman–Crippen MR) is 71.1 cm³/mol. The van der Waals surface area contributed by atoms with E-state index in [1.807, 2.05) is 0 Å². The van der Waals surface area contributed by atoms with E-state index in [2.05, 4.69) is 10.1 Å². The van der Waals surface area contributed by atoms with Crippen LogP contribution in [-0.4, -0.2) is 35.4 Å². The van der Waals surface area contributed by atoms with E-state index in [0.717, 1.165) is 6.42 Å². The van der Waals surface area contributed by atoms with Crippen LogP contribution in [0.5, 0.6) is 5.75 Å². The average Bonchev–Trinajstić information content (AvgIpc) is 3.16. The summed E-state index contributed by atoms with van der Waals surface area (Å²) in [4.78, 5) is 15.0. The molecule has 2 aromatic rings. The minimum Gasteiger partial charge on any atom is -0.490 e. The number of ether oxygens (including phenoxy) is 2. The smallest absolute Gasteiger partial charge is 0.323 e. The van der Waals surface area contributed by atoms with E-state index in [-0.39, 0.29) is 28.8 Å². The van der Waals surface area contributed by atoms with Crippen molar-refractivity contribution in [2.75, 3.05) is 20.3 Å². The van der Waals surface area contributed by atoms with Crippen LogP contribution in [-0.2, 0) is 4.74 Å². The van der Waals surface area contributed by atoms with Crippen LogP contribution in [0.2, 0.25) is 0 Å². The molecule has 0 radical (unpaired) electrons. The molecule has 0 spiro atoms. The summed E-state index contributed by atoms with van der Waals surface area (Å²) in [6, 6.07) is 4.72. The summed E-state index contributed by atoms with van der Waals surface area (Å²) in [5.74, 6) is 0.857. The third-order valence-corrected chi connectivity index (χ3v) is 3.37. The van der Waals surface area contributed by atoms with Crippen LogP contribution in [0, 0.1) is 10.1 Å². The number of benzene rings is 1. The lowest BCUT2D eigenvalue weighted by Gasteiger charge is -2.03. The minimum atomic E-state index is -0.517. The number of rotatable bonds is 4. The second-order valence-corrected chi connectivity index (χ2v) is 4.63. The topological polar surface area (TPSA) is 101 Å². The van der Waals surface area contributed by atoms with Gasteiger partial charge in [-0.25, -0.2) is 0 Å². The number of methoxy groups -OCH3 is 1. The van der Waals surface area contributed by atoms with Crippen molar-refractivity contribution in [3.63, 3.8) is 0 Å². The Balaban J connectivity index is 2.02. The van der Waals surface area contributed by atoms with Gasteiger partial charge < -0.3 is 14.0 Å². The van der Waals surface area contributed by atoms with E-state index in [1.165, 1.54) is 13.2 Å². The van der Waals surface area contributed by atoms with Gasteiger partial charge in [0.1, 0.15) is 5.56 Å². The Labute approximate surface area is 119 Å². The monoisotopic (exact) mass is 291 g/mol. The summed E-state index contributed by atoms with van der Waals surface area (Å²) >= 11 is 0. The number of nitrogens with zero attached hydrogens (tertiary/aromatic N) is 3. The Morgan fingerprint density at radius 3 is 3.00 bits per heavy atom. The lowest BCUT2D eigenvalue weighted by Crippen LogP contribution is -2.00. The van der Waals surface area contributed by atoms with Gasteiger partial charge in [-0.2, -0.15) is 4.98 Å². The molecule has 1 fully saturated rings. The fourth-order valence-corrected chi connectivity index (χ4v) is 2.30.